The number of nitrogens with one attached hydrogen (secondary N) is 1. The third kappa shape index (κ3) is 4.84. The van der Waals surface area contributed by atoms with E-state index in [1.54, 1.807) is 38.6 Å². The summed E-state index contributed by atoms with van der Waals surface area (Å²) in [7, 11) is 3.12. The smallest absolute Gasteiger partial charge is 0.266 e. The summed E-state index contributed by atoms with van der Waals surface area (Å²) in [6.45, 7) is 0.950. The molecule has 0 saturated heterocycles. The lowest BCUT2D eigenvalue weighted by atomic mass is 10.1. The van der Waals surface area contributed by atoms with Crippen LogP contribution >= 0.6 is 0 Å². The molecule has 2 aromatic rings. The number of hydrogen-bond acceptors (Lipinski definition) is 5. The molecular formula is C17H21N3O4. The Morgan fingerprint density at radius 3 is 2.71 bits per heavy atom. The zero-order valence-electron chi connectivity index (χ0n) is 13.8. The average molecular weight is 331 g/mol. The molecule has 0 radical (unpaired) electrons. The molecule has 1 aromatic heterocycles. The highest BCUT2D eigenvalue weighted by molar-refractivity contribution is 5.78. The van der Waals surface area contributed by atoms with Crippen molar-refractivity contribution in [1.82, 2.24) is 15.1 Å². The molecule has 0 bridgehead atoms. The second kappa shape index (κ2) is 8.71. The fourth-order valence-electron chi connectivity index (χ4n) is 2.25. The van der Waals surface area contributed by atoms with Gasteiger partial charge in [-0.15, -0.1) is 0 Å². The van der Waals surface area contributed by atoms with Crippen LogP contribution in [0.25, 0.3) is 0 Å². The molecule has 1 heterocycles. The first-order valence-electron chi connectivity index (χ1n) is 7.64. The van der Waals surface area contributed by atoms with E-state index in [0.717, 1.165) is 5.56 Å². The van der Waals surface area contributed by atoms with E-state index in [1.807, 2.05) is 6.07 Å². The number of benzene rings is 1. The summed E-state index contributed by atoms with van der Waals surface area (Å²) in [6, 6.07) is 8.45. The molecular weight excluding hydrogens is 310 g/mol. The van der Waals surface area contributed by atoms with Gasteiger partial charge in [-0.2, -0.15) is 5.10 Å². The van der Waals surface area contributed by atoms with E-state index in [-0.39, 0.29) is 17.9 Å². The van der Waals surface area contributed by atoms with Crippen LogP contribution < -0.4 is 20.3 Å². The largest absolute Gasteiger partial charge is 0.493 e. The molecule has 128 valence electrons. The number of ether oxygens (including phenoxy) is 2. The number of aromatic nitrogens is 2. The van der Waals surface area contributed by atoms with E-state index in [2.05, 4.69) is 10.4 Å². The number of carbonyl (C=O) groups excluding carboxylic acids is 1. The molecule has 2 rings (SSSR count). The van der Waals surface area contributed by atoms with Gasteiger partial charge in [-0.25, -0.2) is 4.68 Å². The van der Waals surface area contributed by atoms with Crippen molar-refractivity contribution >= 4 is 5.91 Å². The maximum absolute atomic E-state index is 12.0. The van der Waals surface area contributed by atoms with Gasteiger partial charge in [0.1, 0.15) is 0 Å². The molecule has 0 saturated carbocycles. The van der Waals surface area contributed by atoms with Crippen molar-refractivity contribution in [1.29, 1.82) is 0 Å². The van der Waals surface area contributed by atoms with Crippen molar-refractivity contribution in [2.75, 3.05) is 20.8 Å². The van der Waals surface area contributed by atoms with Crippen LogP contribution in [-0.2, 0) is 17.8 Å². The predicted octanol–water partition coefficient (Wildman–Crippen LogP) is 1.01. The van der Waals surface area contributed by atoms with E-state index >= 15 is 0 Å². The maximum Gasteiger partial charge on any atom is 0.266 e. The first-order valence-corrected chi connectivity index (χ1v) is 7.64. The van der Waals surface area contributed by atoms with E-state index in [4.69, 9.17) is 9.47 Å². The van der Waals surface area contributed by atoms with Crippen LogP contribution in [0.1, 0.15) is 12.0 Å². The Balaban J connectivity index is 1.79. The molecule has 0 aliphatic carbocycles. The Hall–Kier alpha value is -2.83. The molecule has 0 unspecified atom stereocenters. The van der Waals surface area contributed by atoms with Crippen molar-refractivity contribution in [3.8, 4) is 11.5 Å². The lowest BCUT2D eigenvalue weighted by Crippen LogP contribution is -2.28. The highest BCUT2D eigenvalue weighted by atomic mass is 16.5. The molecule has 0 spiro atoms. The lowest BCUT2D eigenvalue weighted by Gasteiger charge is -2.10. The number of aryl methyl sites for hydroxylation is 1. The van der Waals surface area contributed by atoms with Crippen molar-refractivity contribution in [3.63, 3.8) is 0 Å². The van der Waals surface area contributed by atoms with E-state index in [1.165, 1.54) is 10.7 Å². The summed E-state index contributed by atoms with van der Waals surface area (Å²) in [4.78, 5) is 23.5. The van der Waals surface area contributed by atoms with Gasteiger partial charge in [0, 0.05) is 25.4 Å². The molecule has 0 aliphatic heterocycles. The number of nitrogens with zero attached hydrogens (tertiary/aromatic N) is 2. The van der Waals surface area contributed by atoms with Gasteiger partial charge in [0.15, 0.2) is 11.5 Å². The summed E-state index contributed by atoms with van der Waals surface area (Å²) < 4.78 is 11.8. The van der Waals surface area contributed by atoms with Crippen LogP contribution in [0.4, 0.5) is 0 Å². The standard InChI is InChI=1S/C17H21N3O4/c1-23-14-7-6-13(11-15(14)24-2)12-16(21)18-8-4-10-20-17(22)5-3-9-19-20/h3,5-7,9,11H,4,8,10,12H2,1-2H3,(H,18,21). The van der Waals surface area contributed by atoms with Crippen LogP contribution in [0, 0.1) is 0 Å². The highest BCUT2D eigenvalue weighted by Crippen LogP contribution is 2.27. The van der Waals surface area contributed by atoms with Gasteiger partial charge in [-0.3, -0.25) is 9.59 Å². The maximum atomic E-state index is 12.0. The quantitative estimate of drug-likeness (QED) is 0.730. The summed E-state index contributed by atoms with van der Waals surface area (Å²) in [6.07, 6.45) is 2.45. The van der Waals surface area contributed by atoms with E-state index < -0.39 is 0 Å². The molecule has 1 amide bonds. The van der Waals surface area contributed by atoms with Crippen LogP contribution in [-0.4, -0.2) is 36.5 Å². The van der Waals surface area contributed by atoms with Gasteiger partial charge in [0.05, 0.1) is 20.6 Å². The fraction of sp³-hybridized carbons (Fsp3) is 0.353. The summed E-state index contributed by atoms with van der Waals surface area (Å²) in [5.74, 6) is 1.13. The SMILES string of the molecule is COc1ccc(CC(=O)NCCCn2ncccc2=O)cc1OC. The zero-order valence-corrected chi connectivity index (χ0v) is 13.8. The molecule has 0 fully saturated rings. The minimum absolute atomic E-state index is 0.0874. The predicted molar refractivity (Wildman–Crippen MR) is 89.4 cm³/mol. The molecule has 1 aromatic carbocycles. The number of amides is 1. The number of rotatable bonds is 8. The van der Waals surface area contributed by atoms with Crippen molar-refractivity contribution in [2.45, 2.75) is 19.4 Å². The lowest BCUT2D eigenvalue weighted by molar-refractivity contribution is -0.120. The zero-order chi connectivity index (χ0) is 17.4. The van der Waals surface area contributed by atoms with Gasteiger partial charge in [-0.1, -0.05) is 6.07 Å². The van der Waals surface area contributed by atoms with Crippen LogP contribution in [0.2, 0.25) is 0 Å². The molecule has 7 heteroatoms. The molecule has 24 heavy (non-hydrogen) atoms. The molecule has 0 atom stereocenters. The van der Waals surface area contributed by atoms with E-state index in [0.29, 0.717) is 31.0 Å². The monoisotopic (exact) mass is 331 g/mol. The Kier molecular flexibility index (Phi) is 6.36. The minimum Gasteiger partial charge on any atom is -0.493 e. The van der Waals surface area contributed by atoms with Gasteiger partial charge in [0.2, 0.25) is 5.91 Å². The van der Waals surface area contributed by atoms with E-state index in [9.17, 15) is 9.59 Å². The first kappa shape index (κ1) is 17.5. The second-order valence-corrected chi connectivity index (χ2v) is 5.15. The van der Waals surface area contributed by atoms with Gasteiger partial charge in [-0.05, 0) is 30.2 Å². The Labute approximate surface area is 140 Å². The topological polar surface area (TPSA) is 82.5 Å². The summed E-state index contributed by atoms with van der Waals surface area (Å²) in [5, 5.41) is 6.80. The van der Waals surface area contributed by atoms with Gasteiger partial charge < -0.3 is 14.8 Å². The second-order valence-electron chi connectivity index (χ2n) is 5.15. The minimum atomic E-state index is -0.144. The third-order valence-corrected chi connectivity index (χ3v) is 3.47. The molecule has 1 N–H and O–H groups in total. The average Bonchev–Trinajstić information content (AvgIpc) is 2.60. The molecule has 0 aliphatic rings. The van der Waals surface area contributed by atoms with Gasteiger partial charge >= 0.3 is 0 Å². The normalized spacial score (nSPS) is 10.2. The van der Waals surface area contributed by atoms with Crippen LogP contribution in [0.15, 0.2) is 41.3 Å². The number of methoxy groups -OCH3 is 2. The van der Waals surface area contributed by atoms with Crippen molar-refractivity contribution in [2.24, 2.45) is 0 Å². The Morgan fingerprint density at radius 2 is 2.00 bits per heavy atom. The Morgan fingerprint density at radius 1 is 1.21 bits per heavy atom. The van der Waals surface area contributed by atoms with Crippen LogP contribution in [0.3, 0.4) is 0 Å². The number of carbonyl (C=O) groups is 1. The Bertz CT molecular complexity index is 743. The highest BCUT2D eigenvalue weighted by Gasteiger charge is 2.08. The summed E-state index contributed by atoms with van der Waals surface area (Å²) >= 11 is 0. The van der Waals surface area contributed by atoms with Crippen molar-refractivity contribution < 1.29 is 14.3 Å². The third-order valence-electron chi connectivity index (χ3n) is 3.47. The van der Waals surface area contributed by atoms with Crippen molar-refractivity contribution in [3.05, 3.63) is 52.4 Å². The number of hydrogen-bond donors (Lipinski definition) is 1. The molecule has 7 nitrogen and oxygen atoms in total. The van der Waals surface area contributed by atoms with Gasteiger partial charge in [0.25, 0.3) is 5.56 Å². The first-order chi connectivity index (χ1) is 11.6. The fourth-order valence-corrected chi connectivity index (χ4v) is 2.25. The summed E-state index contributed by atoms with van der Waals surface area (Å²) in [5.41, 5.74) is 0.695. The van der Waals surface area contributed by atoms with Crippen LogP contribution in [0.5, 0.6) is 11.5 Å².